The smallest absolute Gasteiger partial charge is 0.126 e. The molecule has 1 N–H and O–H groups in total. The van der Waals surface area contributed by atoms with Crippen LogP contribution in [0.25, 0.3) is 0 Å². The summed E-state index contributed by atoms with van der Waals surface area (Å²) in [6, 6.07) is 11.9. The van der Waals surface area contributed by atoms with Gasteiger partial charge in [0.15, 0.2) is 0 Å². The van der Waals surface area contributed by atoms with Crippen LogP contribution in [-0.2, 0) is 12.8 Å². The maximum Gasteiger partial charge on any atom is 0.126 e. The second-order valence-corrected chi connectivity index (χ2v) is 5.22. The predicted octanol–water partition coefficient (Wildman–Crippen LogP) is 4.96. The van der Waals surface area contributed by atoms with Crippen LogP contribution < -0.4 is 5.32 Å². The average molecular weight is 289 g/mol. The van der Waals surface area contributed by atoms with Gasteiger partial charge in [0.05, 0.1) is 0 Å². The molecule has 2 aromatic carbocycles. The van der Waals surface area contributed by atoms with E-state index >= 15 is 0 Å². The summed E-state index contributed by atoms with van der Waals surface area (Å²) < 4.78 is 26.2. The summed E-state index contributed by atoms with van der Waals surface area (Å²) in [6.07, 6.45) is 3.97. The normalized spacial score (nSPS) is 10.6. The molecule has 0 atom stereocenters. The zero-order valence-electron chi connectivity index (χ0n) is 12.3. The number of unbranched alkanes of at least 4 members (excludes halogenated alkanes) is 1. The second-order valence-electron chi connectivity index (χ2n) is 5.22. The van der Waals surface area contributed by atoms with Crippen LogP contribution in [0.2, 0.25) is 0 Å². The van der Waals surface area contributed by atoms with E-state index in [4.69, 9.17) is 0 Å². The first-order chi connectivity index (χ1) is 10.2. The maximum atomic E-state index is 13.1. The molecule has 0 saturated carbocycles. The first-order valence-corrected chi connectivity index (χ1v) is 7.46. The molecule has 0 aliphatic rings. The molecule has 0 heterocycles. The van der Waals surface area contributed by atoms with Crippen molar-refractivity contribution in [3.8, 4) is 0 Å². The van der Waals surface area contributed by atoms with Crippen molar-refractivity contribution < 1.29 is 8.78 Å². The van der Waals surface area contributed by atoms with Crippen molar-refractivity contribution in [2.24, 2.45) is 0 Å². The first-order valence-electron chi connectivity index (χ1n) is 7.46. The molecule has 2 rings (SSSR count). The molecule has 0 saturated heterocycles. The van der Waals surface area contributed by atoms with E-state index in [0.29, 0.717) is 18.5 Å². The summed E-state index contributed by atoms with van der Waals surface area (Å²) in [7, 11) is 0. The van der Waals surface area contributed by atoms with Crippen LogP contribution in [0.4, 0.5) is 14.5 Å². The fourth-order valence-corrected chi connectivity index (χ4v) is 2.37. The molecule has 0 aliphatic carbocycles. The van der Waals surface area contributed by atoms with E-state index < -0.39 is 11.6 Å². The molecule has 0 aliphatic heterocycles. The highest BCUT2D eigenvalue weighted by atomic mass is 19.1. The van der Waals surface area contributed by atoms with Crippen molar-refractivity contribution in [1.29, 1.82) is 0 Å². The fourth-order valence-electron chi connectivity index (χ4n) is 2.37. The molecule has 0 bridgehead atoms. The van der Waals surface area contributed by atoms with Gasteiger partial charge in [-0.05, 0) is 48.6 Å². The van der Waals surface area contributed by atoms with E-state index in [1.54, 1.807) is 0 Å². The molecule has 0 aromatic heterocycles. The highest BCUT2D eigenvalue weighted by molar-refractivity contribution is 5.51. The summed E-state index contributed by atoms with van der Waals surface area (Å²) in [5.74, 6) is -1.04. The highest BCUT2D eigenvalue weighted by Crippen LogP contribution is 2.17. The number of rotatable bonds is 7. The van der Waals surface area contributed by atoms with Crippen LogP contribution in [-0.4, -0.2) is 6.54 Å². The SMILES string of the molecule is CCCCc1ccccc1NCCc1cc(F)cc(F)c1. The summed E-state index contributed by atoms with van der Waals surface area (Å²) in [4.78, 5) is 0. The fraction of sp³-hybridized carbons (Fsp3) is 0.333. The number of hydrogen-bond acceptors (Lipinski definition) is 1. The van der Waals surface area contributed by atoms with Crippen molar-refractivity contribution in [2.45, 2.75) is 32.6 Å². The third-order valence-corrected chi connectivity index (χ3v) is 3.47. The van der Waals surface area contributed by atoms with Gasteiger partial charge < -0.3 is 5.32 Å². The molecule has 0 spiro atoms. The summed E-state index contributed by atoms with van der Waals surface area (Å²) in [6.45, 7) is 2.83. The van der Waals surface area contributed by atoms with Gasteiger partial charge in [-0.15, -0.1) is 0 Å². The monoisotopic (exact) mass is 289 g/mol. The number of anilines is 1. The molecule has 21 heavy (non-hydrogen) atoms. The molecule has 0 fully saturated rings. The van der Waals surface area contributed by atoms with Crippen LogP contribution >= 0.6 is 0 Å². The van der Waals surface area contributed by atoms with E-state index in [1.165, 1.54) is 17.7 Å². The van der Waals surface area contributed by atoms with Crippen molar-refractivity contribution in [2.75, 3.05) is 11.9 Å². The molecular weight excluding hydrogens is 268 g/mol. The lowest BCUT2D eigenvalue weighted by molar-refractivity contribution is 0.580. The first kappa shape index (κ1) is 15.5. The van der Waals surface area contributed by atoms with Gasteiger partial charge in [-0.1, -0.05) is 31.5 Å². The van der Waals surface area contributed by atoms with Gasteiger partial charge in [0.1, 0.15) is 11.6 Å². The molecule has 1 nitrogen and oxygen atoms in total. The maximum absolute atomic E-state index is 13.1. The van der Waals surface area contributed by atoms with Crippen molar-refractivity contribution in [3.05, 3.63) is 65.2 Å². The Balaban J connectivity index is 1.94. The third-order valence-electron chi connectivity index (χ3n) is 3.47. The van der Waals surface area contributed by atoms with Gasteiger partial charge in [-0.2, -0.15) is 0 Å². The lowest BCUT2D eigenvalue weighted by atomic mass is 10.1. The molecule has 3 heteroatoms. The number of hydrogen-bond donors (Lipinski definition) is 1. The summed E-state index contributed by atoms with van der Waals surface area (Å²) in [5.41, 5.74) is 3.08. The Morgan fingerprint density at radius 1 is 0.952 bits per heavy atom. The largest absolute Gasteiger partial charge is 0.384 e. The molecule has 2 aromatic rings. The molecular formula is C18H21F2N. The summed E-state index contributed by atoms with van der Waals surface area (Å²) >= 11 is 0. The summed E-state index contributed by atoms with van der Waals surface area (Å²) in [5, 5.41) is 3.36. The Labute approximate surface area is 125 Å². The van der Waals surface area contributed by atoms with Gasteiger partial charge in [0.25, 0.3) is 0 Å². The number of benzene rings is 2. The van der Waals surface area contributed by atoms with Gasteiger partial charge in [0, 0.05) is 18.3 Å². The number of para-hydroxylation sites is 1. The van der Waals surface area contributed by atoms with E-state index in [-0.39, 0.29) is 0 Å². The highest BCUT2D eigenvalue weighted by Gasteiger charge is 2.03. The number of nitrogens with one attached hydrogen (secondary N) is 1. The van der Waals surface area contributed by atoms with E-state index in [9.17, 15) is 8.78 Å². The minimum Gasteiger partial charge on any atom is -0.384 e. The zero-order chi connectivity index (χ0) is 15.1. The number of aryl methyl sites for hydroxylation is 1. The van der Waals surface area contributed by atoms with Crippen LogP contribution in [0.1, 0.15) is 30.9 Å². The van der Waals surface area contributed by atoms with E-state index in [0.717, 1.165) is 31.0 Å². The minimum absolute atomic E-state index is 0.520. The van der Waals surface area contributed by atoms with Crippen LogP contribution in [0.5, 0.6) is 0 Å². The van der Waals surface area contributed by atoms with Crippen LogP contribution in [0.15, 0.2) is 42.5 Å². The van der Waals surface area contributed by atoms with Gasteiger partial charge in [-0.25, -0.2) is 8.78 Å². The molecule has 0 radical (unpaired) electrons. The van der Waals surface area contributed by atoms with E-state index in [1.807, 2.05) is 12.1 Å². The topological polar surface area (TPSA) is 12.0 Å². The van der Waals surface area contributed by atoms with Crippen molar-refractivity contribution in [1.82, 2.24) is 0 Å². The molecule has 0 unspecified atom stereocenters. The van der Waals surface area contributed by atoms with Gasteiger partial charge in [-0.3, -0.25) is 0 Å². The van der Waals surface area contributed by atoms with E-state index in [2.05, 4.69) is 24.4 Å². The lowest BCUT2D eigenvalue weighted by Gasteiger charge is -2.12. The predicted molar refractivity (Wildman–Crippen MR) is 83.6 cm³/mol. The standard InChI is InChI=1S/C18H21F2N/c1-2-3-6-15-7-4-5-8-18(15)21-10-9-14-11-16(19)13-17(20)12-14/h4-5,7-8,11-13,21H,2-3,6,9-10H2,1H3. The average Bonchev–Trinajstić information content (AvgIpc) is 2.45. The van der Waals surface area contributed by atoms with Crippen molar-refractivity contribution >= 4 is 5.69 Å². The Morgan fingerprint density at radius 2 is 1.67 bits per heavy atom. The Bertz CT molecular complexity index is 561. The molecule has 112 valence electrons. The van der Waals surface area contributed by atoms with Crippen LogP contribution in [0, 0.1) is 11.6 Å². The zero-order valence-corrected chi connectivity index (χ0v) is 12.3. The minimum atomic E-state index is -0.520. The third kappa shape index (κ3) is 4.85. The van der Waals surface area contributed by atoms with Gasteiger partial charge >= 0.3 is 0 Å². The molecule has 0 amide bonds. The Kier molecular flexibility index (Phi) is 5.73. The Hall–Kier alpha value is -1.90. The van der Waals surface area contributed by atoms with Gasteiger partial charge in [0.2, 0.25) is 0 Å². The number of halogens is 2. The lowest BCUT2D eigenvalue weighted by Crippen LogP contribution is -2.07. The second kappa shape index (κ2) is 7.77. The van der Waals surface area contributed by atoms with Crippen molar-refractivity contribution in [3.63, 3.8) is 0 Å². The van der Waals surface area contributed by atoms with Crippen LogP contribution in [0.3, 0.4) is 0 Å². The Morgan fingerprint density at radius 3 is 2.38 bits per heavy atom. The quantitative estimate of drug-likeness (QED) is 0.759.